The summed E-state index contributed by atoms with van der Waals surface area (Å²) in [5.41, 5.74) is 1.28. The van der Waals surface area contributed by atoms with Crippen LogP contribution < -0.4 is 4.74 Å². The lowest BCUT2D eigenvalue weighted by molar-refractivity contribution is 0.415. The van der Waals surface area contributed by atoms with Gasteiger partial charge in [-0.3, -0.25) is 4.98 Å². The van der Waals surface area contributed by atoms with E-state index in [0.717, 1.165) is 12.2 Å². The maximum Gasteiger partial charge on any atom is 0.119 e. The summed E-state index contributed by atoms with van der Waals surface area (Å²) in [4.78, 5) is 4.14. The summed E-state index contributed by atoms with van der Waals surface area (Å²) in [5.74, 6) is 0.917. The zero-order valence-electron chi connectivity index (χ0n) is 8.45. The molecule has 0 saturated heterocycles. The van der Waals surface area contributed by atoms with Gasteiger partial charge in [0, 0.05) is 17.8 Å². The van der Waals surface area contributed by atoms with Gasteiger partial charge in [-0.2, -0.15) is 0 Å². The van der Waals surface area contributed by atoms with Crippen molar-refractivity contribution in [2.24, 2.45) is 0 Å². The number of aromatic nitrogens is 1. The summed E-state index contributed by atoms with van der Waals surface area (Å²) in [5, 5.41) is 2.41. The molecule has 1 aromatic heterocycles. The second-order valence-corrected chi connectivity index (χ2v) is 3.24. The van der Waals surface area contributed by atoms with Crippen molar-refractivity contribution >= 4 is 10.8 Å². The third-order valence-electron chi connectivity index (χ3n) is 2.43. The van der Waals surface area contributed by atoms with Gasteiger partial charge in [-0.25, -0.2) is 0 Å². The normalized spacial score (nSPS) is 10.4. The van der Waals surface area contributed by atoms with Crippen LogP contribution in [0.2, 0.25) is 0 Å². The van der Waals surface area contributed by atoms with E-state index in [0.29, 0.717) is 0 Å². The molecule has 0 fully saturated rings. The SMILES string of the molecule is CCc1cc(OC)cc2ccncc12. The number of rotatable bonds is 2. The van der Waals surface area contributed by atoms with Crippen LogP contribution in [-0.4, -0.2) is 12.1 Å². The first kappa shape index (κ1) is 9.00. The Kier molecular flexibility index (Phi) is 2.35. The Bertz CT molecular complexity index is 451. The van der Waals surface area contributed by atoms with E-state index in [1.54, 1.807) is 13.3 Å². The molecule has 1 aromatic carbocycles. The molecule has 2 heteroatoms. The van der Waals surface area contributed by atoms with E-state index in [1.807, 2.05) is 18.3 Å². The lowest BCUT2D eigenvalue weighted by atomic mass is 10.0. The number of fused-ring (bicyclic) bond motifs is 1. The van der Waals surface area contributed by atoms with Crippen LogP contribution in [0.25, 0.3) is 10.8 Å². The number of pyridine rings is 1. The number of ether oxygens (including phenoxy) is 1. The molecule has 2 aromatic rings. The second-order valence-electron chi connectivity index (χ2n) is 3.24. The molecule has 0 bridgehead atoms. The summed E-state index contributed by atoms with van der Waals surface area (Å²) in [6, 6.07) is 6.12. The lowest BCUT2D eigenvalue weighted by Crippen LogP contribution is -1.89. The van der Waals surface area contributed by atoms with Crippen LogP contribution in [0, 0.1) is 0 Å². The smallest absolute Gasteiger partial charge is 0.119 e. The van der Waals surface area contributed by atoms with Crippen molar-refractivity contribution < 1.29 is 4.74 Å². The summed E-state index contributed by atoms with van der Waals surface area (Å²) in [6.07, 6.45) is 4.72. The Morgan fingerprint density at radius 3 is 2.93 bits per heavy atom. The van der Waals surface area contributed by atoms with Crippen molar-refractivity contribution in [3.63, 3.8) is 0 Å². The summed E-state index contributed by atoms with van der Waals surface area (Å²) < 4.78 is 5.24. The molecule has 0 aliphatic carbocycles. The fourth-order valence-electron chi connectivity index (χ4n) is 1.65. The van der Waals surface area contributed by atoms with Crippen molar-refractivity contribution in [2.75, 3.05) is 7.11 Å². The van der Waals surface area contributed by atoms with Gasteiger partial charge in [0.1, 0.15) is 5.75 Å². The highest BCUT2D eigenvalue weighted by Gasteiger charge is 2.02. The molecular weight excluding hydrogens is 174 g/mol. The van der Waals surface area contributed by atoms with E-state index in [1.165, 1.54) is 16.3 Å². The Morgan fingerprint density at radius 1 is 1.36 bits per heavy atom. The molecule has 0 aliphatic rings. The topological polar surface area (TPSA) is 22.1 Å². The minimum atomic E-state index is 0.917. The molecule has 0 radical (unpaired) electrons. The minimum absolute atomic E-state index is 0.917. The van der Waals surface area contributed by atoms with Crippen LogP contribution in [0.1, 0.15) is 12.5 Å². The molecule has 0 atom stereocenters. The number of hydrogen-bond acceptors (Lipinski definition) is 2. The Morgan fingerprint density at radius 2 is 2.21 bits per heavy atom. The first-order chi connectivity index (χ1) is 6.85. The van der Waals surface area contributed by atoms with Gasteiger partial charge >= 0.3 is 0 Å². The van der Waals surface area contributed by atoms with Crippen molar-refractivity contribution in [3.05, 3.63) is 36.2 Å². The molecule has 1 heterocycles. The van der Waals surface area contributed by atoms with Crippen LogP contribution in [0.5, 0.6) is 5.75 Å². The molecular formula is C12H13NO. The number of hydrogen-bond donors (Lipinski definition) is 0. The predicted octanol–water partition coefficient (Wildman–Crippen LogP) is 2.81. The monoisotopic (exact) mass is 187 g/mol. The number of aryl methyl sites for hydroxylation is 1. The van der Waals surface area contributed by atoms with Crippen LogP contribution in [0.15, 0.2) is 30.6 Å². The van der Waals surface area contributed by atoms with E-state index >= 15 is 0 Å². The van der Waals surface area contributed by atoms with Gasteiger partial charge in [0.2, 0.25) is 0 Å². The Hall–Kier alpha value is -1.57. The lowest BCUT2D eigenvalue weighted by Gasteiger charge is -2.07. The molecule has 0 amide bonds. The zero-order valence-corrected chi connectivity index (χ0v) is 8.45. The standard InChI is InChI=1S/C12H13NO/c1-3-9-6-11(14-2)7-10-4-5-13-8-12(9)10/h4-8H,3H2,1-2H3. The van der Waals surface area contributed by atoms with E-state index in [9.17, 15) is 0 Å². The Labute approximate surface area is 83.5 Å². The number of nitrogens with zero attached hydrogens (tertiary/aromatic N) is 1. The van der Waals surface area contributed by atoms with Crippen molar-refractivity contribution in [2.45, 2.75) is 13.3 Å². The van der Waals surface area contributed by atoms with E-state index < -0.39 is 0 Å². The van der Waals surface area contributed by atoms with E-state index in [2.05, 4.69) is 18.0 Å². The van der Waals surface area contributed by atoms with Crippen molar-refractivity contribution in [1.29, 1.82) is 0 Å². The molecule has 0 N–H and O–H groups in total. The third kappa shape index (κ3) is 1.43. The molecule has 0 unspecified atom stereocenters. The average molecular weight is 187 g/mol. The number of methoxy groups -OCH3 is 1. The van der Waals surface area contributed by atoms with Gasteiger partial charge < -0.3 is 4.74 Å². The van der Waals surface area contributed by atoms with Crippen molar-refractivity contribution in [1.82, 2.24) is 4.98 Å². The first-order valence-corrected chi connectivity index (χ1v) is 4.75. The fraction of sp³-hybridized carbons (Fsp3) is 0.250. The van der Waals surface area contributed by atoms with E-state index in [4.69, 9.17) is 4.74 Å². The van der Waals surface area contributed by atoms with Gasteiger partial charge in [-0.05, 0) is 35.6 Å². The molecule has 0 saturated carbocycles. The van der Waals surface area contributed by atoms with Crippen LogP contribution in [0.3, 0.4) is 0 Å². The van der Waals surface area contributed by atoms with Crippen LogP contribution in [-0.2, 0) is 6.42 Å². The highest BCUT2D eigenvalue weighted by atomic mass is 16.5. The van der Waals surface area contributed by atoms with Crippen molar-refractivity contribution in [3.8, 4) is 5.75 Å². The molecule has 0 aliphatic heterocycles. The Balaban J connectivity index is 2.73. The summed E-state index contributed by atoms with van der Waals surface area (Å²) >= 11 is 0. The van der Waals surface area contributed by atoms with Gasteiger partial charge in [0.25, 0.3) is 0 Å². The van der Waals surface area contributed by atoms with Gasteiger partial charge in [0.15, 0.2) is 0 Å². The second kappa shape index (κ2) is 3.66. The zero-order chi connectivity index (χ0) is 9.97. The van der Waals surface area contributed by atoms with Gasteiger partial charge in [0.05, 0.1) is 7.11 Å². The summed E-state index contributed by atoms with van der Waals surface area (Å²) in [7, 11) is 1.70. The van der Waals surface area contributed by atoms with E-state index in [-0.39, 0.29) is 0 Å². The first-order valence-electron chi connectivity index (χ1n) is 4.75. The van der Waals surface area contributed by atoms with Gasteiger partial charge in [-0.1, -0.05) is 6.92 Å². The molecule has 2 rings (SSSR count). The fourth-order valence-corrected chi connectivity index (χ4v) is 1.65. The predicted molar refractivity (Wildman–Crippen MR) is 57.7 cm³/mol. The quantitative estimate of drug-likeness (QED) is 0.721. The molecule has 14 heavy (non-hydrogen) atoms. The molecule has 0 spiro atoms. The molecule has 72 valence electrons. The molecule has 2 nitrogen and oxygen atoms in total. The minimum Gasteiger partial charge on any atom is -0.497 e. The average Bonchev–Trinajstić information content (AvgIpc) is 2.27. The number of benzene rings is 1. The largest absolute Gasteiger partial charge is 0.497 e. The maximum absolute atomic E-state index is 5.24. The van der Waals surface area contributed by atoms with Crippen LogP contribution >= 0.6 is 0 Å². The van der Waals surface area contributed by atoms with Gasteiger partial charge in [-0.15, -0.1) is 0 Å². The maximum atomic E-state index is 5.24. The summed E-state index contributed by atoms with van der Waals surface area (Å²) in [6.45, 7) is 2.14. The highest BCUT2D eigenvalue weighted by molar-refractivity contribution is 5.86. The van der Waals surface area contributed by atoms with Crippen LogP contribution in [0.4, 0.5) is 0 Å². The third-order valence-corrected chi connectivity index (χ3v) is 2.43. The highest BCUT2D eigenvalue weighted by Crippen LogP contribution is 2.24.